The Morgan fingerprint density at radius 1 is 0.413 bits per heavy atom. The molecule has 0 spiro atoms. The Morgan fingerprint density at radius 2 is 1.03 bits per heavy atom. The monoisotopic (exact) mass is 972 g/mol. The van der Waals surface area contributed by atoms with E-state index < -0.39 is 0 Å². The van der Waals surface area contributed by atoms with Gasteiger partial charge in [-0.25, -0.2) is 0 Å². The minimum Gasteiger partial charge on any atom is -0.334 e. The van der Waals surface area contributed by atoms with Crippen molar-refractivity contribution in [3.8, 4) is 33.4 Å². The van der Waals surface area contributed by atoms with Gasteiger partial charge in [0.15, 0.2) is 0 Å². The Labute approximate surface area is 445 Å². The summed E-state index contributed by atoms with van der Waals surface area (Å²) in [6, 6.07) is 77.2. The van der Waals surface area contributed by atoms with Crippen LogP contribution in [0.15, 0.2) is 200 Å². The number of para-hydroxylation sites is 1. The van der Waals surface area contributed by atoms with E-state index in [9.17, 15) is 0 Å². The van der Waals surface area contributed by atoms with Crippen LogP contribution in [0.2, 0.25) is 0 Å². The predicted octanol–water partition coefficient (Wildman–Crippen LogP) is 17.1. The molecule has 368 valence electrons. The quantitative estimate of drug-likeness (QED) is 0.154. The van der Waals surface area contributed by atoms with Crippen LogP contribution >= 0.6 is 0 Å². The number of benzene rings is 9. The van der Waals surface area contributed by atoms with Crippen molar-refractivity contribution >= 4 is 68.6 Å². The molecule has 3 heterocycles. The van der Waals surface area contributed by atoms with Crippen molar-refractivity contribution < 1.29 is 0 Å². The normalized spacial score (nSPS) is 19.3. The van der Waals surface area contributed by atoms with Crippen molar-refractivity contribution in [1.29, 1.82) is 0 Å². The van der Waals surface area contributed by atoms with Gasteiger partial charge in [0.1, 0.15) is 0 Å². The van der Waals surface area contributed by atoms with Crippen LogP contribution in [-0.2, 0) is 23.7 Å². The number of nitrogens with zero attached hydrogens (tertiary/aromatic N) is 3. The van der Waals surface area contributed by atoms with Crippen molar-refractivity contribution in [2.75, 3.05) is 14.7 Å². The topological polar surface area (TPSA) is 9.72 Å². The van der Waals surface area contributed by atoms with Crippen LogP contribution in [0.1, 0.15) is 102 Å². The van der Waals surface area contributed by atoms with Gasteiger partial charge < -0.3 is 14.7 Å². The highest BCUT2D eigenvalue weighted by atomic mass is 15.3. The molecule has 9 aromatic rings. The van der Waals surface area contributed by atoms with E-state index in [1.165, 1.54) is 150 Å². The smallest absolute Gasteiger partial charge is 0.252 e. The highest BCUT2D eigenvalue weighted by Crippen LogP contribution is 2.61. The van der Waals surface area contributed by atoms with Crippen molar-refractivity contribution in [1.82, 2.24) is 0 Å². The van der Waals surface area contributed by atoms with E-state index in [0.29, 0.717) is 0 Å². The van der Waals surface area contributed by atoms with E-state index in [2.05, 4.69) is 250 Å². The van der Waals surface area contributed by atoms with Gasteiger partial charge in [0.25, 0.3) is 6.71 Å². The molecule has 0 bridgehead atoms. The minimum absolute atomic E-state index is 0.00304. The molecule has 0 amide bonds. The standard InChI is InChI=1S/C71H66BN3/c1-69(2,3)55-36-38-62(58(45-55)50-27-15-10-16-28-50)74-65-43-53-30-21-29-52(53)42-61(65)72-60-37-35-54(49-25-13-9-14-26-49)44-64(60)73(56-32-22-31-51(41-56)48-23-11-8-12-24-48)66-46-57(47-67(74)68(66)72)75-63-34-18-17-33-59(63)70(4)39-19-6-7-20-40-71(70,75)5/h8-18,22-28,31-38,41-47H,6-7,19-21,29-30,39-40H2,1-5H3. The predicted molar refractivity (Wildman–Crippen MR) is 320 cm³/mol. The molecular weight excluding hydrogens is 906 g/mol. The maximum Gasteiger partial charge on any atom is 0.252 e. The van der Waals surface area contributed by atoms with Crippen LogP contribution in [0.25, 0.3) is 33.4 Å². The van der Waals surface area contributed by atoms with Crippen molar-refractivity contribution in [2.24, 2.45) is 0 Å². The maximum atomic E-state index is 2.84. The lowest BCUT2D eigenvalue weighted by molar-refractivity contribution is 0.218. The first-order chi connectivity index (χ1) is 36.6. The van der Waals surface area contributed by atoms with Crippen LogP contribution < -0.4 is 31.1 Å². The molecule has 75 heavy (non-hydrogen) atoms. The Bertz CT molecular complexity index is 3690. The van der Waals surface area contributed by atoms with Gasteiger partial charge in [0, 0.05) is 50.8 Å². The van der Waals surface area contributed by atoms with Gasteiger partial charge in [-0.05, 0) is 165 Å². The minimum atomic E-state index is -0.162. The van der Waals surface area contributed by atoms with Crippen molar-refractivity contribution in [3.63, 3.8) is 0 Å². The van der Waals surface area contributed by atoms with E-state index in [-0.39, 0.29) is 23.1 Å². The first-order valence-corrected chi connectivity index (χ1v) is 28.0. The number of rotatable bonds is 6. The summed E-state index contributed by atoms with van der Waals surface area (Å²) in [5.41, 5.74) is 27.1. The lowest BCUT2D eigenvalue weighted by Crippen LogP contribution is -2.61. The third-order valence-electron chi connectivity index (χ3n) is 18.5. The molecule has 0 aromatic heterocycles. The first kappa shape index (κ1) is 46.0. The van der Waals surface area contributed by atoms with Crippen LogP contribution in [0, 0.1) is 0 Å². The Morgan fingerprint density at radius 3 is 1.75 bits per heavy atom. The maximum absolute atomic E-state index is 2.84. The number of anilines is 8. The number of fused-ring (bicyclic) bond motifs is 8. The summed E-state index contributed by atoms with van der Waals surface area (Å²) in [5, 5.41) is 0. The Balaban J connectivity index is 1.12. The van der Waals surface area contributed by atoms with Crippen LogP contribution in [0.5, 0.6) is 0 Å². The number of aryl methyl sites for hydroxylation is 2. The van der Waals surface area contributed by atoms with Gasteiger partial charge in [-0.3, -0.25) is 0 Å². The molecule has 2 unspecified atom stereocenters. The molecule has 0 saturated heterocycles. The summed E-state index contributed by atoms with van der Waals surface area (Å²) in [4.78, 5) is 8.22. The Hall–Kier alpha value is -7.56. The number of hydrogen-bond donors (Lipinski definition) is 0. The molecule has 14 rings (SSSR count). The fraction of sp³-hybridized carbons (Fsp3) is 0.239. The van der Waals surface area contributed by atoms with E-state index in [0.717, 1.165) is 24.9 Å². The third-order valence-corrected chi connectivity index (χ3v) is 18.5. The van der Waals surface area contributed by atoms with Crippen molar-refractivity contribution in [3.05, 3.63) is 222 Å². The van der Waals surface area contributed by atoms with Crippen LogP contribution in [0.3, 0.4) is 0 Å². The van der Waals surface area contributed by atoms with Crippen LogP contribution in [-0.4, -0.2) is 12.3 Å². The zero-order valence-corrected chi connectivity index (χ0v) is 44.3. The lowest BCUT2D eigenvalue weighted by Gasteiger charge is -2.50. The summed E-state index contributed by atoms with van der Waals surface area (Å²) >= 11 is 0. The Kier molecular flexibility index (Phi) is 10.7. The highest BCUT2D eigenvalue weighted by Gasteiger charge is 2.57. The van der Waals surface area contributed by atoms with Gasteiger partial charge in [0.2, 0.25) is 0 Å². The second-order valence-electron chi connectivity index (χ2n) is 23.8. The summed E-state index contributed by atoms with van der Waals surface area (Å²) < 4.78 is 0. The van der Waals surface area contributed by atoms with Gasteiger partial charge in [0.05, 0.1) is 11.2 Å². The molecule has 9 aromatic carbocycles. The molecule has 1 fully saturated rings. The van der Waals surface area contributed by atoms with E-state index in [4.69, 9.17) is 0 Å². The van der Waals surface area contributed by atoms with Gasteiger partial charge in [-0.1, -0.05) is 199 Å². The molecule has 2 aliphatic carbocycles. The molecule has 1 saturated carbocycles. The molecule has 3 nitrogen and oxygen atoms in total. The van der Waals surface area contributed by atoms with E-state index in [1.54, 1.807) is 0 Å². The summed E-state index contributed by atoms with van der Waals surface area (Å²) in [6.07, 6.45) is 10.8. The highest BCUT2D eigenvalue weighted by molar-refractivity contribution is 7.00. The molecule has 5 aliphatic rings. The summed E-state index contributed by atoms with van der Waals surface area (Å²) in [7, 11) is 0. The average Bonchev–Trinajstić information content (AvgIpc) is 4.14. The zero-order chi connectivity index (χ0) is 50.6. The van der Waals surface area contributed by atoms with Gasteiger partial charge >= 0.3 is 0 Å². The molecule has 0 N–H and O–H groups in total. The van der Waals surface area contributed by atoms with Gasteiger partial charge in [-0.15, -0.1) is 0 Å². The summed E-state index contributed by atoms with van der Waals surface area (Å²) in [6.45, 7) is 12.3. The van der Waals surface area contributed by atoms with E-state index in [1.807, 2.05) is 0 Å². The van der Waals surface area contributed by atoms with Gasteiger partial charge in [-0.2, -0.15) is 0 Å². The average molecular weight is 972 g/mol. The van der Waals surface area contributed by atoms with Crippen LogP contribution in [0.4, 0.5) is 45.5 Å². The molecular formula is C71H66BN3. The SMILES string of the molecule is CC(C)(C)c1ccc(N2c3cc4c(cc3B3c5ccc(-c6ccccc6)cc5N(c5cccc(-c6ccccc6)c5)c5cc(N6c7ccccc7C7(C)CCCCCCC67C)cc2c53)CCC4)c(-c2ccccc2)c1. The number of hydrogen-bond acceptors (Lipinski definition) is 3. The zero-order valence-electron chi connectivity index (χ0n) is 44.3. The van der Waals surface area contributed by atoms with E-state index >= 15 is 0 Å². The second-order valence-corrected chi connectivity index (χ2v) is 23.8. The third kappa shape index (κ3) is 7.22. The fourth-order valence-electron chi connectivity index (χ4n) is 14.5. The molecule has 4 heteroatoms. The second kappa shape index (κ2) is 17.5. The molecule has 2 atom stereocenters. The fourth-order valence-corrected chi connectivity index (χ4v) is 14.5. The largest absolute Gasteiger partial charge is 0.334 e. The molecule has 3 aliphatic heterocycles. The van der Waals surface area contributed by atoms with Crippen molar-refractivity contribution in [2.45, 2.75) is 109 Å². The first-order valence-electron chi connectivity index (χ1n) is 28.0. The lowest BCUT2D eigenvalue weighted by atomic mass is 9.33. The molecule has 0 radical (unpaired) electrons. The summed E-state index contributed by atoms with van der Waals surface area (Å²) in [5.74, 6) is 0.